The van der Waals surface area contributed by atoms with Gasteiger partial charge < -0.3 is 14.8 Å². The number of pyridine rings is 1. The van der Waals surface area contributed by atoms with Crippen LogP contribution in [0.2, 0.25) is 5.02 Å². The van der Waals surface area contributed by atoms with Gasteiger partial charge in [-0.2, -0.15) is 0 Å². The fourth-order valence-corrected chi connectivity index (χ4v) is 5.68. The van der Waals surface area contributed by atoms with E-state index in [0.717, 1.165) is 67.3 Å². The third kappa shape index (κ3) is 6.46. The zero-order valence-corrected chi connectivity index (χ0v) is 23.1. The molecule has 2 aliphatic rings. The summed E-state index contributed by atoms with van der Waals surface area (Å²) >= 11 is 6.42. The van der Waals surface area contributed by atoms with Crippen molar-refractivity contribution >= 4 is 17.7 Å². The van der Waals surface area contributed by atoms with E-state index in [1.54, 1.807) is 6.20 Å². The molecule has 1 fully saturated rings. The summed E-state index contributed by atoms with van der Waals surface area (Å²) in [7, 11) is 0. The summed E-state index contributed by atoms with van der Waals surface area (Å²) in [6, 6.07) is 11.8. The van der Waals surface area contributed by atoms with Crippen molar-refractivity contribution in [3.05, 3.63) is 64.8 Å². The van der Waals surface area contributed by atoms with Gasteiger partial charge in [-0.15, -0.1) is 10.2 Å². The van der Waals surface area contributed by atoms with Crippen LogP contribution in [-0.4, -0.2) is 44.1 Å². The first-order valence-corrected chi connectivity index (χ1v) is 13.9. The van der Waals surface area contributed by atoms with E-state index in [1.807, 2.05) is 45.0 Å². The third-order valence-electron chi connectivity index (χ3n) is 7.20. The lowest BCUT2D eigenvalue weighted by Crippen LogP contribution is -2.33. The molecule has 8 nitrogen and oxygen atoms in total. The molecule has 0 saturated heterocycles. The molecule has 2 aromatic heterocycles. The van der Waals surface area contributed by atoms with Gasteiger partial charge in [0, 0.05) is 36.2 Å². The van der Waals surface area contributed by atoms with E-state index < -0.39 is 5.60 Å². The highest BCUT2D eigenvalue weighted by atomic mass is 35.5. The minimum Gasteiger partial charge on any atom is -0.474 e. The van der Waals surface area contributed by atoms with Crippen molar-refractivity contribution in [1.29, 1.82) is 0 Å². The fourth-order valence-electron chi connectivity index (χ4n) is 5.49. The van der Waals surface area contributed by atoms with Gasteiger partial charge in [0.25, 0.3) is 0 Å². The van der Waals surface area contributed by atoms with Crippen LogP contribution in [0.3, 0.4) is 0 Å². The molecule has 3 heterocycles. The van der Waals surface area contributed by atoms with E-state index >= 15 is 0 Å². The van der Waals surface area contributed by atoms with Gasteiger partial charge in [0.2, 0.25) is 5.88 Å². The minimum absolute atomic E-state index is 0.167. The highest BCUT2D eigenvalue weighted by Gasteiger charge is 2.32. The summed E-state index contributed by atoms with van der Waals surface area (Å²) in [5, 5.41) is 13.0. The summed E-state index contributed by atoms with van der Waals surface area (Å²) in [6.45, 7) is 6.13. The Hall–Kier alpha value is -3.13. The summed E-state index contributed by atoms with van der Waals surface area (Å²) in [5.41, 5.74) is 1.78. The zero-order valence-electron chi connectivity index (χ0n) is 22.3. The second-order valence-corrected chi connectivity index (χ2v) is 11.8. The highest BCUT2D eigenvalue weighted by molar-refractivity contribution is 6.30. The van der Waals surface area contributed by atoms with Crippen LogP contribution in [0.4, 0.5) is 4.79 Å². The first-order valence-electron chi connectivity index (χ1n) is 13.5. The summed E-state index contributed by atoms with van der Waals surface area (Å²) in [6.07, 6.45) is 7.88. The van der Waals surface area contributed by atoms with E-state index in [4.69, 9.17) is 26.2 Å². The maximum Gasteiger partial charge on any atom is 0.407 e. The maximum absolute atomic E-state index is 12.1. The van der Waals surface area contributed by atoms with Crippen molar-refractivity contribution in [2.75, 3.05) is 6.54 Å². The van der Waals surface area contributed by atoms with Crippen molar-refractivity contribution in [3.8, 4) is 11.6 Å². The molecule has 0 bridgehead atoms. The van der Waals surface area contributed by atoms with E-state index in [0.29, 0.717) is 24.3 Å². The van der Waals surface area contributed by atoms with Crippen molar-refractivity contribution in [1.82, 2.24) is 25.1 Å². The number of ether oxygens (including phenoxy) is 2. The van der Waals surface area contributed by atoms with Crippen molar-refractivity contribution in [2.24, 2.45) is 5.92 Å². The molecule has 1 saturated carbocycles. The number of halogens is 1. The predicted octanol–water partition coefficient (Wildman–Crippen LogP) is 6.05. The number of nitrogens with one attached hydrogen (secondary N) is 1. The lowest BCUT2D eigenvalue weighted by Gasteiger charge is -2.28. The number of benzene rings is 1. The molecular weight excluding hydrogens is 502 g/mol. The second kappa shape index (κ2) is 11.3. The van der Waals surface area contributed by atoms with Crippen LogP contribution < -0.4 is 10.1 Å². The number of carbonyl (C=O) groups is 1. The molecule has 1 aromatic carbocycles. The summed E-state index contributed by atoms with van der Waals surface area (Å²) in [4.78, 5) is 16.4. The van der Waals surface area contributed by atoms with Crippen molar-refractivity contribution in [2.45, 2.75) is 83.3 Å². The molecule has 38 heavy (non-hydrogen) atoms. The van der Waals surface area contributed by atoms with Crippen molar-refractivity contribution < 1.29 is 14.3 Å². The van der Waals surface area contributed by atoms with Crippen LogP contribution >= 0.6 is 11.6 Å². The monoisotopic (exact) mass is 537 g/mol. The molecule has 1 N–H and O–H groups in total. The molecule has 0 spiro atoms. The highest BCUT2D eigenvalue weighted by Crippen LogP contribution is 2.38. The number of nitrogens with zero attached hydrogens (tertiary/aromatic N) is 4. The van der Waals surface area contributed by atoms with E-state index in [1.165, 1.54) is 5.56 Å². The van der Waals surface area contributed by atoms with Gasteiger partial charge in [-0.3, -0.25) is 4.57 Å². The zero-order chi connectivity index (χ0) is 26.7. The molecule has 9 heteroatoms. The second-order valence-electron chi connectivity index (χ2n) is 11.3. The van der Waals surface area contributed by atoms with Gasteiger partial charge in [0.1, 0.15) is 23.4 Å². The number of hydrogen-bond acceptors (Lipinski definition) is 6. The number of carbonyl (C=O) groups excluding carboxylic acids is 1. The van der Waals surface area contributed by atoms with Gasteiger partial charge in [0.15, 0.2) is 0 Å². The van der Waals surface area contributed by atoms with Gasteiger partial charge >= 0.3 is 6.09 Å². The lowest BCUT2D eigenvalue weighted by atomic mass is 9.86. The number of amides is 1. The van der Waals surface area contributed by atoms with Crippen molar-refractivity contribution in [3.63, 3.8) is 0 Å². The molecule has 1 aliphatic heterocycles. The molecule has 1 atom stereocenters. The number of alkyl carbamates (subject to hydrolysis) is 1. The fraction of sp³-hybridized carbons (Fsp3) is 0.517. The molecule has 1 aliphatic carbocycles. The Bertz CT molecular complexity index is 1250. The minimum atomic E-state index is -0.515. The van der Waals surface area contributed by atoms with Gasteiger partial charge in [-0.05, 0) is 95.0 Å². The third-order valence-corrected chi connectivity index (χ3v) is 7.44. The standard InChI is InChI=1S/C29H36ClN5O3/c1-29(2,3)38-28(36)32-15-13-19-16-21-18-22(30)9-12-24(21)35-25(17-19)33-34-27(35)20-7-10-23(11-8-20)37-26-6-4-5-14-31-26/h4-6,9,12,14,18-20,23H,7-8,10-11,13,15-17H2,1-3H3,(H,32,36)/t19-,20-,23-/m1/s1. The number of fused-ring (bicyclic) bond motifs is 3. The van der Waals surface area contributed by atoms with Crippen LogP contribution in [0, 0.1) is 5.92 Å². The Balaban J connectivity index is 1.29. The SMILES string of the molecule is CC(C)(C)OC(=O)NCC[C@@H]1Cc2cc(Cl)ccc2-n2c(nnc2[C@H]2CC[C@H](Oc3ccccn3)CC2)C1. The van der Waals surface area contributed by atoms with Crippen LogP contribution in [-0.2, 0) is 17.6 Å². The van der Waals surface area contributed by atoms with Crippen LogP contribution in [0.1, 0.15) is 76.0 Å². The average Bonchev–Trinajstić information content (AvgIpc) is 3.20. The average molecular weight is 538 g/mol. The molecule has 5 rings (SSSR count). The van der Waals surface area contributed by atoms with Gasteiger partial charge in [-0.25, -0.2) is 9.78 Å². The molecule has 1 amide bonds. The Morgan fingerprint density at radius 1 is 1.11 bits per heavy atom. The molecule has 202 valence electrons. The molecule has 0 radical (unpaired) electrons. The molecule has 3 aromatic rings. The summed E-state index contributed by atoms with van der Waals surface area (Å²) in [5.74, 6) is 3.28. The predicted molar refractivity (Wildman–Crippen MR) is 146 cm³/mol. The largest absolute Gasteiger partial charge is 0.474 e. The normalized spacial score (nSPS) is 21.1. The number of rotatable bonds is 6. The Morgan fingerprint density at radius 2 is 1.92 bits per heavy atom. The number of hydrogen-bond donors (Lipinski definition) is 1. The first kappa shape index (κ1) is 26.5. The van der Waals surface area contributed by atoms with E-state index in [-0.39, 0.29) is 12.2 Å². The maximum atomic E-state index is 12.1. The van der Waals surface area contributed by atoms with Gasteiger partial charge in [-0.1, -0.05) is 17.7 Å². The molecular formula is C29H36ClN5O3. The van der Waals surface area contributed by atoms with Crippen LogP contribution in [0.25, 0.3) is 5.69 Å². The molecule has 0 unspecified atom stereocenters. The topological polar surface area (TPSA) is 91.2 Å². The summed E-state index contributed by atoms with van der Waals surface area (Å²) < 4.78 is 13.8. The van der Waals surface area contributed by atoms with Gasteiger partial charge in [0.05, 0.1) is 5.69 Å². The smallest absolute Gasteiger partial charge is 0.407 e. The number of aromatic nitrogens is 4. The Labute approximate surface area is 229 Å². The first-order chi connectivity index (χ1) is 18.2. The van der Waals surface area contributed by atoms with Crippen LogP contribution in [0.5, 0.6) is 5.88 Å². The Kier molecular flexibility index (Phi) is 7.88. The van der Waals surface area contributed by atoms with E-state index in [2.05, 4.69) is 32.1 Å². The van der Waals surface area contributed by atoms with E-state index in [9.17, 15) is 4.79 Å². The lowest BCUT2D eigenvalue weighted by molar-refractivity contribution is 0.0525. The Morgan fingerprint density at radius 3 is 2.66 bits per heavy atom. The quantitative estimate of drug-likeness (QED) is 0.411. The van der Waals surface area contributed by atoms with Crippen LogP contribution in [0.15, 0.2) is 42.6 Å².